The van der Waals surface area contributed by atoms with E-state index in [1.165, 1.54) is 0 Å². The van der Waals surface area contributed by atoms with E-state index in [1.807, 2.05) is 12.1 Å². The Hall–Kier alpha value is -1.42. The van der Waals surface area contributed by atoms with Gasteiger partial charge in [0.2, 0.25) is 0 Å². The molecule has 0 amide bonds. The third kappa shape index (κ3) is 3.10. The van der Waals surface area contributed by atoms with Crippen molar-refractivity contribution in [2.75, 3.05) is 6.61 Å². The SMILES string of the molecule is OCc1ccc(OCc2cc(Cl)cc3c2OCC3)c(Cl)c1. The van der Waals surface area contributed by atoms with E-state index >= 15 is 0 Å². The fourth-order valence-electron chi connectivity index (χ4n) is 2.37. The molecule has 21 heavy (non-hydrogen) atoms. The predicted molar refractivity (Wildman–Crippen MR) is 82.4 cm³/mol. The molecule has 0 aliphatic carbocycles. The van der Waals surface area contributed by atoms with Gasteiger partial charge in [-0.05, 0) is 35.4 Å². The lowest BCUT2D eigenvalue weighted by Crippen LogP contribution is -1.99. The standard InChI is InChI=1S/C16H14Cl2O3/c17-13-6-11-3-4-20-16(11)12(7-13)9-21-15-2-1-10(8-19)5-14(15)18/h1-2,5-7,19H,3-4,8-9H2. The van der Waals surface area contributed by atoms with Gasteiger partial charge in [-0.25, -0.2) is 0 Å². The van der Waals surface area contributed by atoms with Crippen LogP contribution in [0.3, 0.4) is 0 Å². The zero-order valence-corrected chi connectivity index (χ0v) is 12.7. The Kier molecular flexibility index (Phi) is 4.24. The van der Waals surface area contributed by atoms with Gasteiger partial charge in [0.05, 0.1) is 18.2 Å². The molecule has 1 N–H and O–H groups in total. The fraction of sp³-hybridized carbons (Fsp3) is 0.250. The van der Waals surface area contributed by atoms with Gasteiger partial charge in [-0.3, -0.25) is 0 Å². The minimum atomic E-state index is -0.0460. The number of rotatable bonds is 4. The van der Waals surface area contributed by atoms with Crippen LogP contribution in [0.25, 0.3) is 0 Å². The Morgan fingerprint density at radius 2 is 2.05 bits per heavy atom. The molecule has 1 heterocycles. The predicted octanol–water partition coefficient (Wildman–Crippen LogP) is 4.00. The molecule has 5 heteroatoms. The maximum atomic E-state index is 9.07. The van der Waals surface area contributed by atoms with Gasteiger partial charge in [0.1, 0.15) is 18.1 Å². The molecular formula is C16H14Cl2O3. The van der Waals surface area contributed by atoms with Crippen molar-refractivity contribution in [3.05, 3.63) is 57.1 Å². The first kappa shape index (κ1) is 14.5. The first-order valence-corrected chi connectivity index (χ1v) is 7.39. The van der Waals surface area contributed by atoms with Crippen molar-refractivity contribution in [3.63, 3.8) is 0 Å². The Morgan fingerprint density at radius 1 is 1.19 bits per heavy atom. The van der Waals surface area contributed by atoms with Crippen LogP contribution in [-0.4, -0.2) is 11.7 Å². The molecule has 0 aromatic heterocycles. The van der Waals surface area contributed by atoms with Gasteiger partial charge in [0.25, 0.3) is 0 Å². The molecule has 0 radical (unpaired) electrons. The minimum absolute atomic E-state index is 0.0460. The van der Waals surface area contributed by atoms with Crippen molar-refractivity contribution in [3.8, 4) is 11.5 Å². The number of aliphatic hydroxyl groups excluding tert-OH is 1. The van der Waals surface area contributed by atoms with Crippen LogP contribution in [0.15, 0.2) is 30.3 Å². The topological polar surface area (TPSA) is 38.7 Å². The summed E-state index contributed by atoms with van der Waals surface area (Å²) in [7, 11) is 0. The molecule has 0 atom stereocenters. The summed E-state index contributed by atoms with van der Waals surface area (Å²) < 4.78 is 11.4. The summed E-state index contributed by atoms with van der Waals surface area (Å²) >= 11 is 12.2. The number of fused-ring (bicyclic) bond motifs is 1. The van der Waals surface area contributed by atoms with E-state index in [9.17, 15) is 0 Å². The molecule has 2 aromatic rings. The van der Waals surface area contributed by atoms with Crippen LogP contribution in [0.2, 0.25) is 10.0 Å². The summed E-state index contributed by atoms with van der Waals surface area (Å²) in [6.45, 7) is 0.964. The highest BCUT2D eigenvalue weighted by molar-refractivity contribution is 6.32. The zero-order valence-electron chi connectivity index (χ0n) is 11.2. The molecule has 0 spiro atoms. The van der Waals surface area contributed by atoms with Gasteiger partial charge in [-0.15, -0.1) is 0 Å². The number of aliphatic hydroxyl groups is 1. The molecular weight excluding hydrogens is 311 g/mol. The van der Waals surface area contributed by atoms with Crippen molar-refractivity contribution in [1.29, 1.82) is 0 Å². The van der Waals surface area contributed by atoms with Crippen LogP contribution in [0.5, 0.6) is 11.5 Å². The summed E-state index contributed by atoms with van der Waals surface area (Å²) in [5.74, 6) is 1.43. The van der Waals surface area contributed by atoms with E-state index in [0.29, 0.717) is 29.0 Å². The third-order valence-electron chi connectivity index (χ3n) is 3.39. The number of ether oxygens (including phenoxy) is 2. The second kappa shape index (κ2) is 6.14. The second-order valence-corrected chi connectivity index (χ2v) is 5.71. The third-order valence-corrected chi connectivity index (χ3v) is 3.90. The Labute approximate surface area is 133 Å². The van der Waals surface area contributed by atoms with Gasteiger partial charge in [0, 0.05) is 17.0 Å². The van der Waals surface area contributed by atoms with Gasteiger partial charge >= 0.3 is 0 Å². The molecule has 1 aliphatic heterocycles. The van der Waals surface area contributed by atoms with Crippen molar-refractivity contribution in [1.82, 2.24) is 0 Å². The second-order valence-electron chi connectivity index (χ2n) is 4.86. The van der Waals surface area contributed by atoms with Crippen LogP contribution in [0.1, 0.15) is 16.7 Å². The average molecular weight is 325 g/mol. The summed E-state index contributed by atoms with van der Waals surface area (Å²) in [6, 6.07) is 8.99. The summed E-state index contributed by atoms with van der Waals surface area (Å²) in [5.41, 5.74) is 2.78. The van der Waals surface area contributed by atoms with Crippen molar-refractivity contribution >= 4 is 23.2 Å². The van der Waals surface area contributed by atoms with E-state index in [1.54, 1.807) is 18.2 Å². The molecule has 110 valence electrons. The highest BCUT2D eigenvalue weighted by Crippen LogP contribution is 2.34. The molecule has 1 aliphatic rings. The molecule has 3 rings (SSSR count). The lowest BCUT2D eigenvalue weighted by Gasteiger charge is -2.12. The first-order valence-electron chi connectivity index (χ1n) is 6.63. The molecule has 0 unspecified atom stereocenters. The van der Waals surface area contributed by atoms with E-state index < -0.39 is 0 Å². The monoisotopic (exact) mass is 324 g/mol. The maximum Gasteiger partial charge on any atom is 0.138 e. The van der Waals surface area contributed by atoms with Crippen LogP contribution in [0, 0.1) is 0 Å². The Bertz CT molecular complexity index is 671. The normalized spacial score (nSPS) is 12.9. The van der Waals surface area contributed by atoms with Crippen LogP contribution >= 0.6 is 23.2 Å². The summed E-state index contributed by atoms with van der Waals surface area (Å²) in [4.78, 5) is 0. The first-order chi connectivity index (χ1) is 10.2. The van der Waals surface area contributed by atoms with E-state index in [4.69, 9.17) is 37.8 Å². The van der Waals surface area contributed by atoms with Gasteiger partial charge in [-0.2, -0.15) is 0 Å². The quantitative estimate of drug-likeness (QED) is 0.923. The largest absolute Gasteiger partial charge is 0.493 e. The number of hydrogen-bond donors (Lipinski definition) is 1. The average Bonchev–Trinajstić information content (AvgIpc) is 2.93. The number of hydrogen-bond acceptors (Lipinski definition) is 3. The summed E-state index contributed by atoms with van der Waals surface area (Å²) in [6.07, 6.45) is 0.870. The molecule has 0 bridgehead atoms. The molecule has 3 nitrogen and oxygen atoms in total. The van der Waals surface area contributed by atoms with E-state index in [-0.39, 0.29) is 6.61 Å². The highest BCUT2D eigenvalue weighted by atomic mass is 35.5. The maximum absolute atomic E-state index is 9.07. The number of benzene rings is 2. The summed E-state index contributed by atoms with van der Waals surface area (Å²) in [5, 5.41) is 10.2. The van der Waals surface area contributed by atoms with Gasteiger partial charge < -0.3 is 14.6 Å². The Morgan fingerprint density at radius 3 is 2.81 bits per heavy atom. The lowest BCUT2D eigenvalue weighted by molar-refractivity contribution is 0.280. The van der Waals surface area contributed by atoms with Crippen LogP contribution in [-0.2, 0) is 19.6 Å². The van der Waals surface area contributed by atoms with Crippen molar-refractivity contribution < 1.29 is 14.6 Å². The molecule has 2 aromatic carbocycles. The van der Waals surface area contributed by atoms with E-state index in [0.717, 1.165) is 28.9 Å². The molecule has 0 saturated carbocycles. The van der Waals surface area contributed by atoms with Gasteiger partial charge in [-0.1, -0.05) is 29.3 Å². The molecule has 0 saturated heterocycles. The fourth-order valence-corrected chi connectivity index (χ4v) is 2.89. The smallest absolute Gasteiger partial charge is 0.138 e. The zero-order chi connectivity index (χ0) is 14.8. The minimum Gasteiger partial charge on any atom is -0.493 e. The number of halogens is 2. The lowest BCUT2D eigenvalue weighted by atomic mass is 10.1. The van der Waals surface area contributed by atoms with Crippen LogP contribution < -0.4 is 9.47 Å². The molecule has 0 fully saturated rings. The van der Waals surface area contributed by atoms with Crippen LogP contribution in [0.4, 0.5) is 0 Å². The van der Waals surface area contributed by atoms with Crippen molar-refractivity contribution in [2.45, 2.75) is 19.6 Å². The van der Waals surface area contributed by atoms with Crippen molar-refractivity contribution in [2.24, 2.45) is 0 Å². The highest BCUT2D eigenvalue weighted by Gasteiger charge is 2.18. The Balaban J connectivity index is 1.79. The van der Waals surface area contributed by atoms with Gasteiger partial charge in [0.15, 0.2) is 0 Å². The van der Waals surface area contributed by atoms with E-state index in [2.05, 4.69) is 0 Å².